The molecule has 1 fully saturated rings. The maximum absolute atomic E-state index is 13.2. The summed E-state index contributed by atoms with van der Waals surface area (Å²) >= 11 is 5.91. The van der Waals surface area contributed by atoms with E-state index in [1.807, 2.05) is 19.1 Å². The fourth-order valence-electron chi connectivity index (χ4n) is 3.73. The Hall–Kier alpha value is -2.25. The van der Waals surface area contributed by atoms with E-state index >= 15 is 0 Å². The van der Waals surface area contributed by atoms with Crippen LogP contribution in [-0.2, 0) is 30.3 Å². The molecule has 2 amide bonds. The lowest BCUT2D eigenvalue weighted by molar-refractivity contribution is -0.154. The monoisotopic (exact) mass is 450 g/mol. The van der Waals surface area contributed by atoms with E-state index in [4.69, 9.17) is 16.3 Å². The Morgan fingerprint density at radius 2 is 1.71 bits per heavy atom. The molecule has 0 aliphatic carbocycles. The third kappa shape index (κ3) is 6.87. The van der Waals surface area contributed by atoms with E-state index in [1.54, 1.807) is 26.2 Å². The Morgan fingerprint density at radius 1 is 1.10 bits per heavy atom. The van der Waals surface area contributed by atoms with Crippen LogP contribution in [0.2, 0.25) is 5.02 Å². The minimum atomic E-state index is -1.17. The van der Waals surface area contributed by atoms with Gasteiger partial charge in [-0.05, 0) is 30.5 Å². The second-order valence-corrected chi connectivity index (χ2v) is 8.40. The van der Waals surface area contributed by atoms with Crippen LogP contribution in [0, 0.1) is 11.8 Å². The first-order valence-corrected chi connectivity index (χ1v) is 11.0. The van der Waals surface area contributed by atoms with Crippen LogP contribution in [0.25, 0.3) is 0 Å². The maximum atomic E-state index is 13.2. The van der Waals surface area contributed by atoms with Gasteiger partial charge in [-0.15, -0.1) is 0 Å². The second-order valence-electron chi connectivity index (χ2n) is 7.97. The van der Waals surface area contributed by atoms with Crippen LogP contribution >= 0.6 is 11.6 Å². The van der Waals surface area contributed by atoms with E-state index < -0.39 is 29.4 Å². The molecule has 0 aromatic heterocycles. The Balaban J connectivity index is 2.22. The number of carbonyl (C=O) groups excluding carboxylic acids is 4. The van der Waals surface area contributed by atoms with Gasteiger partial charge in [-0.3, -0.25) is 19.2 Å². The number of rotatable bonds is 10. The third-order valence-corrected chi connectivity index (χ3v) is 5.73. The zero-order valence-electron chi connectivity index (χ0n) is 18.4. The molecule has 0 unspecified atom stereocenters. The van der Waals surface area contributed by atoms with Gasteiger partial charge in [-0.25, -0.2) is 0 Å². The quantitative estimate of drug-likeness (QED) is 0.403. The standard InChI is InChI=1S/C23H31ClN2O5/c1-4-5-18(21(28)23(30)26-12-14-31-15-13-26)20(22(29)25(2)3)19(27)11-8-16-6-9-17(24)10-7-16/h6-7,9-10,18,20H,4-5,8,11-15H2,1-3H3/t18-,20-/m1/s1. The number of Topliss-reactive ketones (excluding diaryl/α,β-unsaturated/α-hetero) is 2. The number of hydrogen-bond acceptors (Lipinski definition) is 5. The van der Waals surface area contributed by atoms with E-state index in [1.165, 1.54) is 9.80 Å². The molecule has 1 aliphatic heterocycles. The summed E-state index contributed by atoms with van der Waals surface area (Å²) in [6.07, 6.45) is 1.41. The predicted octanol–water partition coefficient (Wildman–Crippen LogP) is 2.39. The van der Waals surface area contributed by atoms with E-state index in [-0.39, 0.29) is 12.2 Å². The Morgan fingerprint density at radius 3 is 2.26 bits per heavy atom. The summed E-state index contributed by atoms with van der Waals surface area (Å²) in [6, 6.07) is 7.15. The molecular formula is C23H31ClN2O5. The minimum Gasteiger partial charge on any atom is -0.378 e. The molecule has 0 spiro atoms. The van der Waals surface area contributed by atoms with Gasteiger partial charge in [0.1, 0.15) is 11.7 Å². The maximum Gasteiger partial charge on any atom is 0.290 e. The van der Waals surface area contributed by atoms with Crippen molar-refractivity contribution >= 4 is 35.0 Å². The largest absolute Gasteiger partial charge is 0.378 e. The number of halogens is 1. The summed E-state index contributed by atoms with van der Waals surface area (Å²) < 4.78 is 5.25. The molecule has 0 N–H and O–H groups in total. The molecule has 1 heterocycles. The molecule has 1 aliphatic rings. The van der Waals surface area contributed by atoms with Gasteiger partial charge in [0.15, 0.2) is 0 Å². The molecule has 1 saturated heterocycles. The predicted molar refractivity (Wildman–Crippen MR) is 118 cm³/mol. The average molecular weight is 451 g/mol. The number of hydrogen-bond donors (Lipinski definition) is 0. The van der Waals surface area contributed by atoms with Crippen molar-refractivity contribution in [2.45, 2.75) is 32.6 Å². The molecule has 7 nitrogen and oxygen atoms in total. The zero-order valence-corrected chi connectivity index (χ0v) is 19.2. The fourth-order valence-corrected chi connectivity index (χ4v) is 3.85. The summed E-state index contributed by atoms with van der Waals surface area (Å²) in [5, 5.41) is 0.603. The third-order valence-electron chi connectivity index (χ3n) is 5.47. The molecule has 1 aromatic rings. The van der Waals surface area contributed by atoms with Crippen molar-refractivity contribution in [1.29, 1.82) is 0 Å². The van der Waals surface area contributed by atoms with E-state index in [0.29, 0.717) is 50.6 Å². The number of nitrogens with zero attached hydrogens (tertiary/aromatic N) is 2. The molecular weight excluding hydrogens is 420 g/mol. The zero-order chi connectivity index (χ0) is 23.0. The lowest BCUT2D eigenvalue weighted by Crippen LogP contribution is -2.49. The Labute approximate surface area is 188 Å². The second kappa shape index (κ2) is 12.0. The van der Waals surface area contributed by atoms with E-state index in [9.17, 15) is 19.2 Å². The van der Waals surface area contributed by atoms with Crippen LogP contribution in [-0.4, -0.2) is 73.6 Å². The SMILES string of the molecule is CCC[C@@H](C(=O)C(=O)N1CCOCC1)[C@H](C(=O)CCc1ccc(Cl)cc1)C(=O)N(C)C. The van der Waals surface area contributed by atoms with Crippen molar-refractivity contribution in [2.24, 2.45) is 11.8 Å². The van der Waals surface area contributed by atoms with E-state index in [2.05, 4.69) is 0 Å². The minimum absolute atomic E-state index is 0.102. The molecule has 0 radical (unpaired) electrons. The normalized spacial score (nSPS) is 15.8. The number of ketones is 2. The summed E-state index contributed by atoms with van der Waals surface area (Å²) in [5.74, 6) is -4.20. The Kier molecular flexibility index (Phi) is 9.65. The molecule has 31 heavy (non-hydrogen) atoms. The summed E-state index contributed by atoms with van der Waals surface area (Å²) in [7, 11) is 3.11. The number of carbonyl (C=O) groups is 4. The number of amides is 2. The first-order valence-electron chi connectivity index (χ1n) is 10.7. The van der Waals surface area contributed by atoms with Crippen molar-refractivity contribution in [3.05, 3.63) is 34.9 Å². The van der Waals surface area contributed by atoms with Crippen molar-refractivity contribution in [3.8, 4) is 0 Å². The summed E-state index contributed by atoms with van der Waals surface area (Å²) in [5.41, 5.74) is 0.913. The molecule has 170 valence electrons. The van der Waals surface area contributed by atoms with Gasteiger partial charge < -0.3 is 14.5 Å². The number of ether oxygens (including phenoxy) is 1. The van der Waals surface area contributed by atoms with Crippen LogP contribution in [0.1, 0.15) is 31.7 Å². The van der Waals surface area contributed by atoms with Gasteiger partial charge in [0.25, 0.3) is 5.91 Å². The van der Waals surface area contributed by atoms with Gasteiger partial charge in [0.2, 0.25) is 11.7 Å². The smallest absolute Gasteiger partial charge is 0.290 e. The number of benzene rings is 1. The summed E-state index contributed by atoms with van der Waals surface area (Å²) in [4.78, 5) is 54.9. The molecule has 2 rings (SSSR count). The molecule has 2 atom stereocenters. The van der Waals surface area contributed by atoms with Crippen LogP contribution in [0.4, 0.5) is 0 Å². The topological polar surface area (TPSA) is 84.0 Å². The highest BCUT2D eigenvalue weighted by Crippen LogP contribution is 2.25. The first-order chi connectivity index (χ1) is 14.8. The summed E-state index contributed by atoms with van der Waals surface area (Å²) in [6.45, 7) is 3.28. The van der Waals surface area contributed by atoms with Crippen LogP contribution in [0.5, 0.6) is 0 Å². The Bertz CT molecular complexity index is 788. The number of morpholine rings is 1. The molecule has 0 bridgehead atoms. The van der Waals surface area contributed by atoms with Gasteiger partial charge in [-0.2, -0.15) is 0 Å². The van der Waals surface area contributed by atoms with Gasteiger partial charge in [0, 0.05) is 44.5 Å². The average Bonchev–Trinajstić information content (AvgIpc) is 2.77. The fraction of sp³-hybridized carbons (Fsp3) is 0.565. The van der Waals surface area contributed by atoms with Gasteiger partial charge in [-0.1, -0.05) is 37.1 Å². The van der Waals surface area contributed by atoms with Crippen LogP contribution in [0.15, 0.2) is 24.3 Å². The van der Waals surface area contributed by atoms with Gasteiger partial charge >= 0.3 is 0 Å². The van der Waals surface area contributed by atoms with Crippen molar-refractivity contribution in [3.63, 3.8) is 0 Å². The first kappa shape index (κ1) is 25.0. The lowest BCUT2D eigenvalue weighted by Gasteiger charge is -2.30. The lowest BCUT2D eigenvalue weighted by atomic mass is 9.79. The van der Waals surface area contributed by atoms with Crippen molar-refractivity contribution < 1.29 is 23.9 Å². The van der Waals surface area contributed by atoms with Crippen molar-refractivity contribution in [2.75, 3.05) is 40.4 Å². The highest BCUT2D eigenvalue weighted by atomic mass is 35.5. The molecule has 0 saturated carbocycles. The highest BCUT2D eigenvalue weighted by molar-refractivity contribution is 6.38. The molecule has 8 heteroatoms. The number of aryl methyl sites for hydroxylation is 1. The van der Waals surface area contributed by atoms with Gasteiger partial charge in [0.05, 0.1) is 13.2 Å². The van der Waals surface area contributed by atoms with E-state index in [0.717, 1.165) is 5.56 Å². The highest BCUT2D eigenvalue weighted by Gasteiger charge is 2.42. The van der Waals surface area contributed by atoms with Crippen molar-refractivity contribution in [1.82, 2.24) is 9.80 Å². The van der Waals surface area contributed by atoms with Crippen LogP contribution in [0.3, 0.4) is 0 Å². The van der Waals surface area contributed by atoms with Crippen LogP contribution < -0.4 is 0 Å². The molecule has 1 aromatic carbocycles.